The third kappa shape index (κ3) is 6.09. The Morgan fingerprint density at radius 3 is 2.74 bits per heavy atom. The molecule has 0 radical (unpaired) electrons. The van der Waals surface area contributed by atoms with Crippen molar-refractivity contribution in [3.8, 4) is 11.8 Å². The lowest BCUT2D eigenvalue weighted by atomic mass is 9.86. The number of benzene rings is 1. The Morgan fingerprint density at radius 1 is 1.29 bits per heavy atom. The minimum absolute atomic E-state index is 0.0407. The van der Waals surface area contributed by atoms with Crippen LogP contribution in [0.3, 0.4) is 0 Å². The molecule has 5 nitrogen and oxygen atoms in total. The van der Waals surface area contributed by atoms with Gasteiger partial charge in [-0.1, -0.05) is 55.8 Å². The van der Waals surface area contributed by atoms with Crippen molar-refractivity contribution in [2.75, 3.05) is 0 Å². The zero-order valence-electron chi connectivity index (χ0n) is 19.5. The number of Topliss-reactive ketones (excluding diaryl/α,β-unsaturated/α-hetero) is 1. The molecule has 1 aromatic carbocycles. The minimum atomic E-state index is -0.889. The highest BCUT2D eigenvalue weighted by molar-refractivity contribution is 7.19. The molecular weight excluding hydrogens is 472 g/mol. The number of unbranched alkanes of at least 4 members (excludes halogenated alkanes) is 1. The second-order valence-corrected chi connectivity index (χ2v) is 10.9. The van der Waals surface area contributed by atoms with Crippen LogP contribution < -0.4 is 0 Å². The Balaban J connectivity index is 1.62. The van der Waals surface area contributed by atoms with E-state index >= 15 is 0 Å². The van der Waals surface area contributed by atoms with E-state index in [1.165, 1.54) is 0 Å². The molecule has 182 valence electrons. The molecule has 0 bridgehead atoms. The fraction of sp³-hybridized carbons (Fsp3) is 0.481. The van der Waals surface area contributed by atoms with E-state index in [1.807, 2.05) is 24.3 Å². The van der Waals surface area contributed by atoms with E-state index in [2.05, 4.69) is 11.8 Å². The van der Waals surface area contributed by atoms with Gasteiger partial charge in [0.1, 0.15) is 5.78 Å². The smallest absolute Gasteiger partial charge is 0.303 e. The molecule has 0 spiro atoms. The van der Waals surface area contributed by atoms with Gasteiger partial charge in [-0.15, -0.1) is 23.2 Å². The Morgan fingerprint density at radius 2 is 2.03 bits per heavy atom. The normalized spacial score (nSPS) is 22.7. The molecule has 1 fully saturated rings. The number of aliphatic hydroxyl groups excluding tert-OH is 2. The zero-order valence-corrected chi connectivity index (χ0v) is 21.0. The van der Waals surface area contributed by atoms with Crippen LogP contribution >= 0.6 is 22.9 Å². The van der Waals surface area contributed by atoms with Crippen molar-refractivity contribution in [1.29, 1.82) is 0 Å². The van der Waals surface area contributed by atoms with Gasteiger partial charge in [-0.2, -0.15) is 0 Å². The van der Waals surface area contributed by atoms with Gasteiger partial charge < -0.3 is 15.3 Å². The van der Waals surface area contributed by atoms with Gasteiger partial charge in [-0.05, 0) is 25.3 Å². The third-order valence-electron chi connectivity index (χ3n) is 6.50. The van der Waals surface area contributed by atoms with Crippen molar-refractivity contribution in [3.63, 3.8) is 0 Å². The number of carboxylic acid groups (broad SMARTS) is 1. The van der Waals surface area contributed by atoms with Gasteiger partial charge in [0.15, 0.2) is 0 Å². The summed E-state index contributed by atoms with van der Waals surface area (Å²) in [5, 5.41) is 31.8. The first-order valence-corrected chi connectivity index (χ1v) is 12.7. The SMILES string of the molecule is CC1(C)C(=O)C(CC#CCCCC(=O)O)C(/C=C/C(O)CCc2sc3ccccc3c2Cl)C1O. The third-order valence-corrected chi connectivity index (χ3v) is 8.28. The van der Waals surface area contributed by atoms with Gasteiger partial charge >= 0.3 is 5.97 Å². The van der Waals surface area contributed by atoms with Crippen molar-refractivity contribution < 1.29 is 24.9 Å². The van der Waals surface area contributed by atoms with Crippen LogP contribution in [0.5, 0.6) is 0 Å². The van der Waals surface area contributed by atoms with Crippen LogP contribution in [0.1, 0.15) is 50.8 Å². The lowest BCUT2D eigenvalue weighted by Crippen LogP contribution is -2.31. The highest BCUT2D eigenvalue weighted by Crippen LogP contribution is 2.44. The molecule has 3 rings (SSSR count). The second-order valence-electron chi connectivity index (χ2n) is 9.35. The highest BCUT2D eigenvalue weighted by Gasteiger charge is 2.53. The number of halogens is 1. The highest BCUT2D eigenvalue weighted by atomic mass is 35.5. The van der Waals surface area contributed by atoms with Crippen LogP contribution in [0, 0.1) is 29.1 Å². The summed E-state index contributed by atoms with van der Waals surface area (Å²) in [6, 6.07) is 7.95. The number of carbonyl (C=O) groups excluding carboxylic acids is 1. The summed E-state index contributed by atoms with van der Waals surface area (Å²) in [5.41, 5.74) is -0.889. The molecule has 1 aliphatic rings. The summed E-state index contributed by atoms with van der Waals surface area (Å²) >= 11 is 8.13. The Labute approximate surface area is 209 Å². The fourth-order valence-electron chi connectivity index (χ4n) is 4.42. The number of hydrogen-bond donors (Lipinski definition) is 3. The number of rotatable bonds is 9. The predicted molar refractivity (Wildman–Crippen MR) is 136 cm³/mol. The number of carbonyl (C=O) groups is 2. The summed E-state index contributed by atoms with van der Waals surface area (Å²) in [4.78, 5) is 24.5. The van der Waals surface area contributed by atoms with Crippen LogP contribution in [0.4, 0.5) is 0 Å². The lowest BCUT2D eigenvalue weighted by molar-refractivity contribution is -0.137. The summed E-state index contributed by atoms with van der Waals surface area (Å²) in [6.45, 7) is 3.47. The molecule has 1 saturated carbocycles. The summed E-state index contributed by atoms with van der Waals surface area (Å²) < 4.78 is 1.12. The molecule has 3 N–H and O–H groups in total. The van der Waals surface area contributed by atoms with Crippen LogP contribution in [-0.2, 0) is 16.0 Å². The van der Waals surface area contributed by atoms with Gasteiger partial charge in [-0.25, -0.2) is 0 Å². The molecule has 1 heterocycles. The molecule has 1 aromatic heterocycles. The fourth-order valence-corrected chi connectivity index (χ4v) is 5.97. The molecule has 2 aromatic rings. The molecule has 0 amide bonds. The molecule has 1 aliphatic carbocycles. The molecule has 4 atom stereocenters. The number of hydrogen-bond acceptors (Lipinski definition) is 5. The quantitative estimate of drug-likeness (QED) is 0.247. The molecular formula is C27H31ClO5S. The van der Waals surface area contributed by atoms with E-state index in [0.717, 1.165) is 20.0 Å². The number of thiophene rings is 1. The Kier molecular flexibility index (Phi) is 8.95. The van der Waals surface area contributed by atoms with Crippen molar-refractivity contribution in [3.05, 3.63) is 46.3 Å². The molecule has 34 heavy (non-hydrogen) atoms. The van der Waals surface area contributed by atoms with E-state index in [9.17, 15) is 19.8 Å². The average Bonchev–Trinajstić information content (AvgIpc) is 3.20. The van der Waals surface area contributed by atoms with Crippen LogP contribution in [-0.4, -0.2) is 39.3 Å². The molecule has 0 aliphatic heterocycles. The Bertz CT molecular complexity index is 1120. The first kappa shape index (κ1) is 26.4. The van der Waals surface area contributed by atoms with Gasteiger partial charge in [0, 0.05) is 46.1 Å². The summed E-state index contributed by atoms with van der Waals surface area (Å²) in [7, 11) is 0. The van der Waals surface area contributed by atoms with Crippen LogP contribution in [0.2, 0.25) is 5.02 Å². The van der Waals surface area contributed by atoms with Crippen molar-refractivity contribution in [2.24, 2.45) is 17.3 Å². The number of aliphatic hydroxyl groups is 2. The Hall–Kier alpha value is -2.17. The largest absolute Gasteiger partial charge is 0.481 e. The van der Waals surface area contributed by atoms with Gasteiger partial charge in [0.05, 0.1) is 22.6 Å². The van der Waals surface area contributed by atoms with Gasteiger partial charge in [0.25, 0.3) is 0 Å². The number of ketones is 1. The van der Waals surface area contributed by atoms with Gasteiger partial charge in [0.2, 0.25) is 0 Å². The maximum Gasteiger partial charge on any atom is 0.303 e. The standard InChI is InChI=1S/C27H31ClO5S/c1-27(2)25(32)18(9-5-3-4-6-12-23(30)31)19(26(27)33)15-13-17(29)14-16-22-24(28)20-10-7-8-11-21(20)34-22/h7-8,10-11,13,15,17-19,26,29,33H,4,6,9,12,14,16H2,1-2H3,(H,30,31)/b15-13+. The predicted octanol–water partition coefficient (Wildman–Crippen LogP) is 5.26. The first-order chi connectivity index (χ1) is 16.1. The van der Waals surface area contributed by atoms with E-state index in [-0.39, 0.29) is 12.2 Å². The van der Waals surface area contributed by atoms with Crippen LogP contribution in [0.15, 0.2) is 36.4 Å². The van der Waals surface area contributed by atoms with Crippen molar-refractivity contribution >= 4 is 44.8 Å². The maximum absolute atomic E-state index is 12.9. The number of fused-ring (bicyclic) bond motifs is 1. The molecule has 7 heteroatoms. The number of carboxylic acids is 1. The first-order valence-electron chi connectivity index (χ1n) is 11.5. The second kappa shape index (κ2) is 11.5. The van der Waals surface area contributed by atoms with Crippen LogP contribution in [0.25, 0.3) is 10.1 Å². The summed E-state index contributed by atoms with van der Waals surface area (Å²) in [5.74, 6) is 4.14. The molecule has 0 saturated heterocycles. The lowest BCUT2D eigenvalue weighted by Gasteiger charge is -2.22. The monoisotopic (exact) mass is 502 g/mol. The van der Waals surface area contributed by atoms with E-state index in [0.29, 0.717) is 32.1 Å². The van der Waals surface area contributed by atoms with Crippen molar-refractivity contribution in [2.45, 2.75) is 64.6 Å². The van der Waals surface area contributed by atoms with E-state index in [1.54, 1.807) is 37.3 Å². The maximum atomic E-state index is 12.9. The molecule has 4 unspecified atom stereocenters. The van der Waals surface area contributed by atoms with Gasteiger partial charge in [-0.3, -0.25) is 9.59 Å². The number of aryl methyl sites for hydroxylation is 1. The van der Waals surface area contributed by atoms with E-state index in [4.69, 9.17) is 16.7 Å². The zero-order chi connectivity index (χ0) is 24.9. The van der Waals surface area contributed by atoms with Crippen molar-refractivity contribution in [1.82, 2.24) is 0 Å². The minimum Gasteiger partial charge on any atom is -0.481 e. The number of aliphatic carboxylic acids is 1. The topological polar surface area (TPSA) is 94.8 Å². The van der Waals surface area contributed by atoms with E-state index < -0.39 is 35.4 Å². The summed E-state index contributed by atoms with van der Waals surface area (Å²) in [6.07, 6.45) is 4.24. The average molecular weight is 503 g/mol.